The zero-order valence-corrected chi connectivity index (χ0v) is 33.2. The van der Waals surface area contributed by atoms with E-state index in [-0.39, 0.29) is 29.1 Å². The van der Waals surface area contributed by atoms with E-state index in [0.29, 0.717) is 55.6 Å². The molecule has 55 heavy (non-hydrogen) atoms. The Morgan fingerprint density at radius 1 is 1.11 bits per heavy atom. The van der Waals surface area contributed by atoms with Gasteiger partial charge in [0.1, 0.15) is 15.7 Å². The molecular formula is C43H53N5O6S. The van der Waals surface area contributed by atoms with E-state index in [2.05, 4.69) is 51.3 Å². The SMILES string of the molecule is CO[C@H]1/C=C/C[C@H](C)CS(=O)(NC(=O)c2cc3n(c2)CCN(C(C)=O)C3)=NC(=O)c2ccc3c(c2)N(C[C@@H]2CC[C@H]21)C[C@@]1(CCCc2cc(C)ccc21)CO3. The lowest BCUT2D eigenvalue weighted by Gasteiger charge is -2.46. The third-order valence-electron chi connectivity index (χ3n) is 12.6. The second kappa shape index (κ2) is 14.9. The second-order valence-corrected chi connectivity index (χ2v) is 18.6. The predicted octanol–water partition coefficient (Wildman–Crippen LogP) is 6.22. The quantitative estimate of drug-likeness (QED) is 0.314. The van der Waals surface area contributed by atoms with E-state index in [0.717, 1.165) is 62.3 Å². The summed E-state index contributed by atoms with van der Waals surface area (Å²) >= 11 is 0. The van der Waals surface area contributed by atoms with Crippen molar-refractivity contribution in [2.75, 3.05) is 44.0 Å². The number of carbonyl (C=O) groups excluding carboxylic acids is 3. The number of allylic oxidation sites excluding steroid dienone is 1. The van der Waals surface area contributed by atoms with Gasteiger partial charge in [0, 0.05) is 63.1 Å². The van der Waals surface area contributed by atoms with Gasteiger partial charge in [0.05, 0.1) is 36.3 Å². The monoisotopic (exact) mass is 767 g/mol. The molecule has 6 atom stereocenters. The van der Waals surface area contributed by atoms with Crippen LogP contribution >= 0.6 is 0 Å². The Morgan fingerprint density at radius 2 is 1.96 bits per heavy atom. The minimum atomic E-state index is -3.57. The van der Waals surface area contributed by atoms with Gasteiger partial charge in [-0.2, -0.15) is 0 Å². The molecule has 1 N–H and O–H groups in total. The van der Waals surface area contributed by atoms with Crippen LogP contribution in [0.15, 0.2) is 65.2 Å². The molecule has 1 aromatic heterocycles. The standard InChI is InChI=1S/C43H53N5O6S/c1-28-10-14-37-31(19-28)8-6-16-43(37)26-48-22-33-11-13-36(33)39(53-4)9-5-7-29(2)25-55(52,44-41(50)32-12-15-40(54-27-43)38(48)21-32)45-42(51)34-20-35-24-46(30(3)49)17-18-47(35)23-34/h5,9-10,12,14-15,19-21,23,29,33,36,39H,6-8,11,13,16-18,22,24-27H2,1-4H3,(H,44,45,50,51,52)/b9-5+/t29-,33-,36+,39-,43-,55?/m0/s1. The van der Waals surface area contributed by atoms with Crippen LogP contribution in [0.5, 0.6) is 5.75 Å². The van der Waals surface area contributed by atoms with Gasteiger partial charge in [0.25, 0.3) is 11.8 Å². The van der Waals surface area contributed by atoms with Gasteiger partial charge in [-0.05, 0) is 98.6 Å². The van der Waals surface area contributed by atoms with Crippen LogP contribution in [0.2, 0.25) is 0 Å². The van der Waals surface area contributed by atoms with Crippen LogP contribution in [-0.4, -0.2) is 76.6 Å². The summed E-state index contributed by atoms with van der Waals surface area (Å²) in [7, 11) is -1.80. The molecule has 0 radical (unpaired) electrons. The number of methoxy groups -OCH3 is 1. The Bertz CT molecular complexity index is 2170. The maximum absolute atomic E-state index is 14.8. The number of ether oxygens (including phenoxy) is 2. The molecule has 3 amide bonds. The third-order valence-corrected chi connectivity index (χ3v) is 14.6. The average molecular weight is 768 g/mol. The van der Waals surface area contributed by atoms with Crippen LogP contribution < -0.4 is 14.4 Å². The molecular weight excluding hydrogens is 715 g/mol. The number of aryl methyl sites for hydroxylation is 2. The van der Waals surface area contributed by atoms with E-state index in [4.69, 9.17) is 9.47 Å². The van der Waals surface area contributed by atoms with E-state index in [1.807, 2.05) is 23.6 Å². The number of carbonyl (C=O) groups is 3. The Hall–Kier alpha value is -4.42. The van der Waals surface area contributed by atoms with Crippen LogP contribution in [0.25, 0.3) is 0 Å². The molecule has 1 fully saturated rings. The molecule has 5 aliphatic rings. The predicted molar refractivity (Wildman–Crippen MR) is 213 cm³/mol. The van der Waals surface area contributed by atoms with Gasteiger partial charge in [-0.3, -0.25) is 19.1 Å². The molecule has 2 aromatic carbocycles. The number of nitrogens with one attached hydrogen (secondary N) is 1. The van der Waals surface area contributed by atoms with E-state index < -0.39 is 21.7 Å². The maximum Gasteiger partial charge on any atom is 0.286 e. The Balaban J connectivity index is 1.16. The van der Waals surface area contributed by atoms with Crippen molar-refractivity contribution in [2.24, 2.45) is 22.1 Å². The van der Waals surface area contributed by atoms with Gasteiger partial charge >= 0.3 is 0 Å². The number of rotatable bonds is 3. The highest BCUT2D eigenvalue weighted by molar-refractivity contribution is 7.92. The topological polar surface area (TPSA) is 123 Å². The zero-order valence-electron chi connectivity index (χ0n) is 32.4. The molecule has 3 aromatic rings. The van der Waals surface area contributed by atoms with E-state index in [1.165, 1.54) is 23.6 Å². The molecule has 0 saturated heterocycles. The molecule has 12 heteroatoms. The first kappa shape index (κ1) is 37.5. The van der Waals surface area contributed by atoms with Crippen molar-refractivity contribution in [3.05, 3.63) is 94.3 Å². The van der Waals surface area contributed by atoms with Gasteiger partial charge in [-0.15, -0.1) is 4.36 Å². The number of fused-ring (bicyclic) bond motifs is 5. The number of hydrogen-bond donors (Lipinski definition) is 1. The smallest absolute Gasteiger partial charge is 0.286 e. The van der Waals surface area contributed by atoms with Gasteiger partial charge in [0.15, 0.2) is 0 Å². The zero-order chi connectivity index (χ0) is 38.5. The molecule has 292 valence electrons. The number of anilines is 1. The lowest BCUT2D eigenvalue weighted by molar-refractivity contribution is -0.130. The summed E-state index contributed by atoms with van der Waals surface area (Å²) in [6.07, 6.45) is 11.8. The number of benzene rings is 2. The Labute approximate surface area is 324 Å². The van der Waals surface area contributed by atoms with Crippen molar-refractivity contribution in [2.45, 2.75) is 83.9 Å². The molecule has 1 unspecified atom stereocenters. The second-order valence-electron chi connectivity index (χ2n) is 16.6. The molecule has 2 bridgehead atoms. The molecule has 3 aliphatic heterocycles. The average Bonchev–Trinajstić information content (AvgIpc) is 3.51. The van der Waals surface area contributed by atoms with Crippen molar-refractivity contribution < 1.29 is 28.1 Å². The summed E-state index contributed by atoms with van der Waals surface area (Å²) in [4.78, 5) is 44.1. The first-order valence-electron chi connectivity index (χ1n) is 19.8. The van der Waals surface area contributed by atoms with E-state index in [1.54, 1.807) is 30.3 Å². The number of hydrogen-bond acceptors (Lipinski definition) is 7. The highest BCUT2D eigenvalue weighted by Gasteiger charge is 2.44. The van der Waals surface area contributed by atoms with Crippen molar-refractivity contribution in [3.63, 3.8) is 0 Å². The Morgan fingerprint density at radius 3 is 2.75 bits per heavy atom. The summed E-state index contributed by atoms with van der Waals surface area (Å²) < 4.78 is 36.5. The molecule has 4 heterocycles. The number of nitrogens with zero attached hydrogens (tertiary/aromatic N) is 4. The summed E-state index contributed by atoms with van der Waals surface area (Å²) in [6, 6.07) is 13.9. The fourth-order valence-corrected chi connectivity index (χ4v) is 11.4. The third kappa shape index (κ3) is 7.47. The van der Waals surface area contributed by atoms with Crippen LogP contribution in [0, 0.1) is 24.7 Å². The highest BCUT2D eigenvalue weighted by Crippen LogP contribution is 2.47. The largest absolute Gasteiger partial charge is 0.490 e. The molecule has 2 aliphatic carbocycles. The summed E-state index contributed by atoms with van der Waals surface area (Å²) in [6.45, 7) is 9.21. The summed E-state index contributed by atoms with van der Waals surface area (Å²) in [5, 5.41) is 0. The maximum atomic E-state index is 14.8. The van der Waals surface area contributed by atoms with Crippen molar-refractivity contribution in [1.82, 2.24) is 14.2 Å². The van der Waals surface area contributed by atoms with E-state index >= 15 is 0 Å². The number of amides is 3. The Kier molecular flexibility index (Phi) is 10.2. The van der Waals surface area contributed by atoms with Gasteiger partial charge in [-0.1, -0.05) is 42.8 Å². The molecule has 8 rings (SSSR count). The molecule has 1 spiro atoms. The van der Waals surface area contributed by atoms with Crippen LogP contribution in [0.1, 0.15) is 89.1 Å². The van der Waals surface area contributed by atoms with Gasteiger partial charge in [0.2, 0.25) is 5.91 Å². The van der Waals surface area contributed by atoms with Gasteiger partial charge < -0.3 is 23.8 Å². The number of aromatic nitrogens is 1. The normalized spacial score (nSPS) is 29.7. The fraction of sp³-hybridized carbons (Fsp3) is 0.512. The first-order chi connectivity index (χ1) is 26.4. The minimum Gasteiger partial charge on any atom is -0.490 e. The van der Waals surface area contributed by atoms with Crippen molar-refractivity contribution in [3.8, 4) is 5.75 Å². The lowest BCUT2D eigenvalue weighted by atomic mass is 9.68. The summed E-state index contributed by atoms with van der Waals surface area (Å²) in [5.74, 6) is 0.0424. The highest BCUT2D eigenvalue weighted by atomic mass is 32.2. The fourth-order valence-electron chi connectivity index (χ4n) is 9.52. The summed E-state index contributed by atoms with van der Waals surface area (Å²) in [5.41, 5.74) is 6.05. The van der Waals surface area contributed by atoms with Crippen LogP contribution in [-0.2, 0) is 44.4 Å². The first-order valence-corrected chi connectivity index (χ1v) is 21.5. The molecule has 1 saturated carbocycles. The molecule has 11 nitrogen and oxygen atoms in total. The van der Waals surface area contributed by atoms with Crippen LogP contribution in [0.3, 0.4) is 0 Å². The lowest BCUT2D eigenvalue weighted by Crippen LogP contribution is -2.49. The van der Waals surface area contributed by atoms with E-state index in [9.17, 15) is 18.6 Å². The van der Waals surface area contributed by atoms with Crippen molar-refractivity contribution in [1.29, 1.82) is 0 Å². The van der Waals surface area contributed by atoms with Crippen molar-refractivity contribution >= 4 is 33.3 Å². The van der Waals surface area contributed by atoms with Crippen LogP contribution in [0.4, 0.5) is 5.69 Å². The minimum absolute atomic E-state index is 0.00815. The van der Waals surface area contributed by atoms with Gasteiger partial charge in [-0.25, -0.2) is 4.21 Å².